The van der Waals surface area contributed by atoms with Gasteiger partial charge in [0.05, 0.1) is 19.1 Å². The maximum absolute atomic E-state index is 12.4. The van der Waals surface area contributed by atoms with Gasteiger partial charge < -0.3 is 15.4 Å². The van der Waals surface area contributed by atoms with E-state index in [4.69, 9.17) is 4.74 Å². The third kappa shape index (κ3) is 1.83. The molecule has 0 aromatic rings. The van der Waals surface area contributed by atoms with Crippen molar-refractivity contribution in [1.82, 2.24) is 10.6 Å². The predicted molar refractivity (Wildman–Crippen MR) is 71.5 cm³/mol. The Morgan fingerprint density at radius 3 is 2.63 bits per heavy atom. The van der Waals surface area contributed by atoms with E-state index in [1.807, 2.05) is 0 Å². The number of carbonyl (C=O) groups excluding carboxylic acids is 1. The molecule has 0 spiro atoms. The van der Waals surface area contributed by atoms with E-state index in [9.17, 15) is 4.79 Å². The van der Waals surface area contributed by atoms with Crippen LogP contribution in [0.25, 0.3) is 0 Å². The maximum Gasteiger partial charge on any atom is 0.227 e. The molecule has 4 fully saturated rings. The van der Waals surface area contributed by atoms with Crippen molar-refractivity contribution in [3.05, 3.63) is 0 Å². The summed E-state index contributed by atoms with van der Waals surface area (Å²) in [6.45, 7) is 4.24. The van der Waals surface area contributed by atoms with Gasteiger partial charge in [-0.25, -0.2) is 0 Å². The molecule has 1 aliphatic heterocycles. The van der Waals surface area contributed by atoms with Crippen LogP contribution in [-0.4, -0.2) is 37.7 Å². The second-order valence-electron chi connectivity index (χ2n) is 6.83. The van der Waals surface area contributed by atoms with Crippen molar-refractivity contribution in [2.75, 3.05) is 19.8 Å². The fourth-order valence-electron chi connectivity index (χ4n) is 5.07. The zero-order chi connectivity index (χ0) is 13.0. The molecule has 3 aliphatic carbocycles. The zero-order valence-electron chi connectivity index (χ0n) is 11.6. The Hall–Kier alpha value is -0.610. The minimum atomic E-state index is 0.0129. The summed E-state index contributed by atoms with van der Waals surface area (Å²) in [6.07, 6.45) is 4.25. The fourth-order valence-corrected chi connectivity index (χ4v) is 5.07. The SMILES string of the molecule is CCNC1COCC1C(=O)NC1C2C3CCC(C3)C12. The summed E-state index contributed by atoms with van der Waals surface area (Å²) in [4.78, 5) is 12.4. The van der Waals surface area contributed by atoms with Gasteiger partial charge in [-0.3, -0.25) is 4.79 Å². The van der Waals surface area contributed by atoms with Crippen LogP contribution in [0.4, 0.5) is 0 Å². The fraction of sp³-hybridized carbons (Fsp3) is 0.933. The second-order valence-corrected chi connectivity index (χ2v) is 6.83. The lowest BCUT2D eigenvalue weighted by Gasteiger charge is -2.19. The lowest BCUT2D eigenvalue weighted by molar-refractivity contribution is -0.125. The van der Waals surface area contributed by atoms with Gasteiger partial charge in [0.1, 0.15) is 0 Å². The van der Waals surface area contributed by atoms with Crippen LogP contribution in [0, 0.1) is 29.6 Å². The third-order valence-corrected chi connectivity index (χ3v) is 5.93. The molecule has 4 rings (SSSR count). The first-order chi connectivity index (χ1) is 9.29. The highest BCUT2D eigenvalue weighted by atomic mass is 16.5. The molecule has 4 aliphatic rings. The molecule has 3 saturated carbocycles. The molecule has 0 aromatic heterocycles. The van der Waals surface area contributed by atoms with E-state index in [1.165, 1.54) is 19.3 Å². The highest BCUT2D eigenvalue weighted by Crippen LogP contribution is 2.65. The molecule has 2 bridgehead atoms. The quantitative estimate of drug-likeness (QED) is 0.788. The summed E-state index contributed by atoms with van der Waals surface area (Å²) in [6, 6.07) is 0.710. The number of ether oxygens (including phenoxy) is 1. The van der Waals surface area contributed by atoms with Crippen molar-refractivity contribution in [3.8, 4) is 0 Å². The number of likely N-dealkylation sites (N-methyl/N-ethyl adjacent to an activating group) is 1. The Kier molecular flexibility index (Phi) is 2.85. The van der Waals surface area contributed by atoms with E-state index in [0.717, 1.165) is 30.2 Å². The van der Waals surface area contributed by atoms with Gasteiger partial charge in [-0.05, 0) is 49.5 Å². The normalized spacial score (nSPS) is 50.3. The van der Waals surface area contributed by atoms with E-state index >= 15 is 0 Å². The Balaban J connectivity index is 1.35. The van der Waals surface area contributed by atoms with Gasteiger partial charge in [-0.2, -0.15) is 0 Å². The van der Waals surface area contributed by atoms with Crippen LogP contribution in [0.2, 0.25) is 0 Å². The van der Waals surface area contributed by atoms with E-state index < -0.39 is 0 Å². The number of fused-ring (bicyclic) bond motifs is 5. The molecule has 0 radical (unpaired) electrons. The molecular weight excluding hydrogens is 240 g/mol. The van der Waals surface area contributed by atoms with Crippen molar-refractivity contribution < 1.29 is 9.53 Å². The average Bonchev–Trinajstić information content (AvgIpc) is 2.83. The number of carbonyl (C=O) groups is 1. The van der Waals surface area contributed by atoms with Crippen molar-refractivity contribution >= 4 is 5.91 Å². The summed E-state index contributed by atoms with van der Waals surface area (Å²) in [5.41, 5.74) is 0. The Bertz CT molecular complexity index is 370. The Labute approximate surface area is 114 Å². The van der Waals surface area contributed by atoms with Crippen LogP contribution in [0.1, 0.15) is 26.2 Å². The molecule has 1 saturated heterocycles. The molecule has 1 heterocycles. The first kappa shape index (κ1) is 12.2. The third-order valence-electron chi connectivity index (χ3n) is 5.93. The molecule has 0 aromatic carbocycles. The van der Waals surface area contributed by atoms with Crippen LogP contribution < -0.4 is 10.6 Å². The van der Waals surface area contributed by atoms with Crippen LogP contribution in [0.5, 0.6) is 0 Å². The van der Waals surface area contributed by atoms with Crippen molar-refractivity contribution in [3.63, 3.8) is 0 Å². The topological polar surface area (TPSA) is 50.4 Å². The van der Waals surface area contributed by atoms with Gasteiger partial charge in [0.2, 0.25) is 5.91 Å². The number of amides is 1. The molecular formula is C15H24N2O2. The van der Waals surface area contributed by atoms with E-state index in [-0.39, 0.29) is 17.9 Å². The summed E-state index contributed by atoms with van der Waals surface area (Å²) in [5.74, 6) is 3.72. The standard InChI is InChI=1S/C15H24N2O2/c1-2-16-11-7-19-6-10(11)15(18)17-14-12-8-3-4-9(5-8)13(12)14/h8-14,16H,2-7H2,1H3,(H,17,18). The first-order valence-corrected chi connectivity index (χ1v) is 7.91. The molecule has 106 valence electrons. The number of nitrogens with one attached hydrogen (secondary N) is 2. The van der Waals surface area contributed by atoms with Gasteiger partial charge in [0.15, 0.2) is 0 Å². The van der Waals surface area contributed by atoms with Crippen LogP contribution in [-0.2, 0) is 9.53 Å². The maximum atomic E-state index is 12.4. The largest absolute Gasteiger partial charge is 0.379 e. The minimum Gasteiger partial charge on any atom is -0.379 e. The average molecular weight is 264 g/mol. The van der Waals surface area contributed by atoms with Crippen molar-refractivity contribution in [2.24, 2.45) is 29.6 Å². The monoisotopic (exact) mass is 264 g/mol. The molecule has 6 unspecified atom stereocenters. The summed E-state index contributed by atoms with van der Waals surface area (Å²) in [5, 5.41) is 6.69. The molecule has 1 amide bonds. The number of hydrogen-bond acceptors (Lipinski definition) is 3. The molecule has 4 heteroatoms. The zero-order valence-corrected chi connectivity index (χ0v) is 11.6. The van der Waals surface area contributed by atoms with Gasteiger partial charge in [0, 0.05) is 12.1 Å². The van der Waals surface area contributed by atoms with Crippen LogP contribution in [0.3, 0.4) is 0 Å². The summed E-state index contributed by atoms with van der Waals surface area (Å²) < 4.78 is 5.47. The summed E-state index contributed by atoms with van der Waals surface area (Å²) in [7, 11) is 0. The molecule has 19 heavy (non-hydrogen) atoms. The van der Waals surface area contributed by atoms with E-state index in [1.54, 1.807) is 0 Å². The van der Waals surface area contributed by atoms with Crippen LogP contribution >= 0.6 is 0 Å². The van der Waals surface area contributed by atoms with E-state index in [2.05, 4.69) is 17.6 Å². The lowest BCUT2D eigenvalue weighted by atomic mass is 10.0. The second kappa shape index (κ2) is 4.45. The highest BCUT2D eigenvalue weighted by molar-refractivity contribution is 5.80. The number of rotatable bonds is 4. The Morgan fingerprint density at radius 2 is 1.95 bits per heavy atom. The van der Waals surface area contributed by atoms with Gasteiger partial charge in [-0.1, -0.05) is 6.92 Å². The lowest BCUT2D eigenvalue weighted by Crippen LogP contribution is -2.45. The molecule has 2 N–H and O–H groups in total. The Morgan fingerprint density at radius 1 is 1.21 bits per heavy atom. The number of hydrogen-bond donors (Lipinski definition) is 2. The molecule has 4 nitrogen and oxygen atoms in total. The summed E-state index contributed by atoms with van der Waals surface area (Å²) >= 11 is 0. The highest BCUT2D eigenvalue weighted by Gasteiger charge is 2.65. The van der Waals surface area contributed by atoms with Gasteiger partial charge in [0.25, 0.3) is 0 Å². The van der Waals surface area contributed by atoms with Crippen molar-refractivity contribution in [1.29, 1.82) is 0 Å². The van der Waals surface area contributed by atoms with Crippen LogP contribution in [0.15, 0.2) is 0 Å². The minimum absolute atomic E-state index is 0.0129. The van der Waals surface area contributed by atoms with Gasteiger partial charge in [-0.15, -0.1) is 0 Å². The van der Waals surface area contributed by atoms with Crippen molar-refractivity contribution in [2.45, 2.75) is 38.3 Å². The first-order valence-electron chi connectivity index (χ1n) is 7.91. The predicted octanol–water partition coefficient (Wildman–Crippen LogP) is 0.772. The smallest absolute Gasteiger partial charge is 0.227 e. The van der Waals surface area contributed by atoms with Gasteiger partial charge >= 0.3 is 0 Å². The molecule has 6 atom stereocenters. The van der Waals surface area contributed by atoms with E-state index in [0.29, 0.717) is 19.3 Å².